The molecule has 1 fully saturated rings. The molecule has 35 heavy (non-hydrogen) atoms. The highest BCUT2D eigenvalue weighted by atomic mass is 19.4. The van der Waals surface area contributed by atoms with Crippen molar-refractivity contribution in [1.29, 1.82) is 5.41 Å². The van der Waals surface area contributed by atoms with E-state index in [1.165, 1.54) is 30.0 Å². The van der Waals surface area contributed by atoms with Crippen molar-refractivity contribution in [1.82, 2.24) is 10.2 Å². The van der Waals surface area contributed by atoms with Gasteiger partial charge >= 0.3 is 12.4 Å². The Bertz CT molecular complexity index is 1080. The van der Waals surface area contributed by atoms with Crippen LogP contribution < -0.4 is 5.32 Å². The normalized spacial score (nSPS) is 17.9. The zero-order valence-electron chi connectivity index (χ0n) is 18.9. The number of carbonyl (C=O) groups is 1. The molecule has 1 aliphatic rings. The summed E-state index contributed by atoms with van der Waals surface area (Å²) in [6.07, 6.45) is -10.1. The molecule has 190 valence electrons. The summed E-state index contributed by atoms with van der Waals surface area (Å²) in [6.45, 7) is 3.99. The lowest BCUT2D eigenvalue weighted by atomic mass is 9.87. The minimum Gasteiger partial charge on any atom is -0.328 e. The van der Waals surface area contributed by atoms with Crippen molar-refractivity contribution in [3.8, 4) is 0 Å². The molecule has 4 nitrogen and oxygen atoms in total. The maximum atomic E-state index is 13.6. The first-order valence-electron chi connectivity index (χ1n) is 10.9. The molecule has 2 aromatic rings. The van der Waals surface area contributed by atoms with Gasteiger partial charge in [-0.05, 0) is 60.4 Å². The molecule has 3 rings (SSSR count). The Hall–Kier alpha value is -2.95. The summed E-state index contributed by atoms with van der Waals surface area (Å²) < 4.78 is 93.6. The third-order valence-corrected chi connectivity index (χ3v) is 6.09. The van der Waals surface area contributed by atoms with E-state index in [0.29, 0.717) is 36.3 Å². The highest BCUT2D eigenvalue weighted by Gasteiger charge is 2.39. The number of carbonyl (C=O) groups excluding carboxylic acids is 1. The summed E-state index contributed by atoms with van der Waals surface area (Å²) in [5, 5.41) is 11.6. The number of piperazine rings is 1. The summed E-state index contributed by atoms with van der Waals surface area (Å²) in [6, 6.07) is 4.61. The van der Waals surface area contributed by atoms with Gasteiger partial charge in [-0.1, -0.05) is 13.0 Å². The van der Waals surface area contributed by atoms with E-state index >= 15 is 0 Å². The van der Waals surface area contributed by atoms with Crippen molar-refractivity contribution in [3.63, 3.8) is 0 Å². The van der Waals surface area contributed by atoms with Crippen LogP contribution in [0.4, 0.5) is 30.7 Å². The first kappa shape index (κ1) is 26.7. The molecule has 2 aromatic carbocycles. The molecule has 1 amide bonds. The van der Waals surface area contributed by atoms with Gasteiger partial charge in [-0.15, -0.1) is 0 Å². The summed E-state index contributed by atoms with van der Waals surface area (Å²) in [5.74, 6) is -2.54. The number of benzene rings is 2. The molecule has 0 aromatic heterocycles. The molecule has 1 aliphatic heterocycles. The van der Waals surface area contributed by atoms with Crippen molar-refractivity contribution >= 4 is 11.6 Å². The van der Waals surface area contributed by atoms with Crippen LogP contribution in [0.2, 0.25) is 0 Å². The highest BCUT2D eigenvalue weighted by molar-refractivity contribution is 6.39. The van der Waals surface area contributed by atoms with Crippen LogP contribution in [-0.2, 0) is 17.1 Å². The minimum atomic E-state index is -5.04. The van der Waals surface area contributed by atoms with Gasteiger partial charge in [0.05, 0.1) is 17.2 Å². The number of halogens is 7. The largest absolute Gasteiger partial charge is 0.416 e. The maximum Gasteiger partial charge on any atom is 0.416 e. The number of alkyl halides is 6. The Kier molecular flexibility index (Phi) is 7.59. The summed E-state index contributed by atoms with van der Waals surface area (Å²) in [7, 11) is 0. The molecule has 0 bridgehead atoms. The van der Waals surface area contributed by atoms with E-state index < -0.39 is 58.4 Å². The molecular weight excluding hydrogens is 479 g/mol. The first-order chi connectivity index (χ1) is 16.2. The zero-order valence-corrected chi connectivity index (χ0v) is 18.9. The number of nitrogens with zero attached hydrogens (tertiary/aromatic N) is 1. The standard InChI is InChI=1S/C24H24F7N3O/c1-3-18(14-9-15(23(26,27)28)11-16(10-14)24(29,30)31)21(32)22(35)34-7-6-33-12-20(34)19-5-4-17(25)8-13(19)2/h4-5,8-11,18,20,32-33H,3,6-7,12H2,1-2H3/t18?,20-/m1/s1. The SMILES string of the molecule is CCC(C(=N)C(=O)N1CCNC[C@@H]1c1ccc(F)cc1C)c1cc(C(F)(F)F)cc(C(F)(F)F)c1. The average Bonchev–Trinajstić information content (AvgIpc) is 2.78. The second kappa shape index (κ2) is 9.96. The maximum absolute atomic E-state index is 13.6. The van der Waals surface area contributed by atoms with Crippen molar-refractivity contribution in [2.24, 2.45) is 0 Å². The smallest absolute Gasteiger partial charge is 0.328 e. The van der Waals surface area contributed by atoms with Gasteiger partial charge in [-0.3, -0.25) is 10.2 Å². The van der Waals surface area contributed by atoms with Gasteiger partial charge in [0.1, 0.15) is 11.5 Å². The topological polar surface area (TPSA) is 56.2 Å². The van der Waals surface area contributed by atoms with Crippen LogP contribution in [0.5, 0.6) is 0 Å². The van der Waals surface area contributed by atoms with E-state index in [0.717, 1.165) is 0 Å². The van der Waals surface area contributed by atoms with Crippen molar-refractivity contribution in [2.75, 3.05) is 19.6 Å². The molecule has 1 unspecified atom stereocenters. The Labute approximate surface area is 197 Å². The fourth-order valence-corrected chi connectivity index (χ4v) is 4.33. The van der Waals surface area contributed by atoms with E-state index in [1.807, 2.05) is 0 Å². The molecule has 11 heteroatoms. The van der Waals surface area contributed by atoms with Crippen LogP contribution >= 0.6 is 0 Å². The van der Waals surface area contributed by atoms with Gasteiger partial charge in [0.25, 0.3) is 5.91 Å². The zero-order chi connectivity index (χ0) is 26.1. The Morgan fingerprint density at radius 1 is 1.09 bits per heavy atom. The minimum absolute atomic E-state index is 0.0192. The van der Waals surface area contributed by atoms with Crippen molar-refractivity contribution in [2.45, 2.75) is 44.6 Å². The molecular formula is C24H24F7N3O. The quantitative estimate of drug-likeness (QED) is 0.397. The molecule has 1 heterocycles. The number of hydrogen-bond donors (Lipinski definition) is 2. The third-order valence-electron chi connectivity index (χ3n) is 6.09. The summed E-state index contributed by atoms with van der Waals surface area (Å²) in [4.78, 5) is 14.7. The van der Waals surface area contributed by atoms with Crippen LogP contribution in [0.1, 0.15) is 53.1 Å². The molecule has 0 saturated carbocycles. The predicted molar refractivity (Wildman–Crippen MR) is 116 cm³/mol. The predicted octanol–water partition coefficient (Wildman–Crippen LogP) is 5.86. The van der Waals surface area contributed by atoms with E-state index in [-0.39, 0.29) is 19.0 Å². The van der Waals surface area contributed by atoms with Gasteiger partial charge in [0, 0.05) is 25.6 Å². The monoisotopic (exact) mass is 503 g/mol. The second-order valence-electron chi connectivity index (χ2n) is 8.43. The highest BCUT2D eigenvalue weighted by Crippen LogP contribution is 2.39. The summed E-state index contributed by atoms with van der Waals surface area (Å²) >= 11 is 0. The van der Waals surface area contributed by atoms with Crippen molar-refractivity contribution < 1.29 is 35.5 Å². The lowest BCUT2D eigenvalue weighted by Crippen LogP contribution is -2.51. The van der Waals surface area contributed by atoms with Gasteiger partial charge in [0.2, 0.25) is 0 Å². The first-order valence-corrected chi connectivity index (χ1v) is 10.9. The molecule has 1 saturated heterocycles. The second-order valence-corrected chi connectivity index (χ2v) is 8.43. The van der Waals surface area contributed by atoms with Crippen LogP contribution in [-0.4, -0.2) is 36.2 Å². The number of amides is 1. The Morgan fingerprint density at radius 3 is 2.20 bits per heavy atom. The molecule has 2 atom stereocenters. The molecule has 0 spiro atoms. The van der Waals surface area contributed by atoms with Gasteiger partial charge in [-0.25, -0.2) is 4.39 Å². The summed E-state index contributed by atoms with van der Waals surface area (Å²) in [5.41, 5.74) is -2.80. The van der Waals surface area contributed by atoms with Crippen LogP contribution in [0.15, 0.2) is 36.4 Å². The van der Waals surface area contributed by atoms with Crippen molar-refractivity contribution in [3.05, 3.63) is 70.0 Å². The molecule has 0 radical (unpaired) electrons. The Morgan fingerprint density at radius 2 is 1.69 bits per heavy atom. The Balaban J connectivity index is 1.99. The van der Waals surface area contributed by atoms with Crippen LogP contribution in [0.25, 0.3) is 0 Å². The van der Waals surface area contributed by atoms with E-state index in [9.17, 15) is 35.5 Å². The van der Waals surface area contributed by atoms with Crippen LogP contribution in [0.3, 0.4) is 0 Å². The van der Waals surface area contributed by atoms with Gasteiger partial charge in [0.15, 0.2) is 0 Å². The average molecular weight is 503 g/mol. The van der Waals surface area contributed by atoms with E-state index in [1.54, 1.807) is 6.92 Å². The number of nitrogens with one attached hydrogen (secondary N) is 2. The fourth-order valence-electron chi connectivity index (χ4n) is 4.33. The van der Waals surface area contributed by atoms with Crippen LogP contribution in [0, 0.1) is 18.2 Å². The number of rotatable bonds is 5. The van der Waals surface area contributed by atoms with E-state index in [2.05, 4.69) is 5.32 Å². The number of hydrogen-bond acceptors (Lipinski definition) is 3. The third kappa shape index (κ3) is 5.83. The lowest BCUT2D eigenvalue weighted by molar-refractivity contribution is -0.143. The molecule has 2 N–H and O–H groups in total. The number of aryl methyl sites for hydroxylation is 1. The van der Waals surface area contributed by atoms with E-state index in [4.69, 9.17) is 5.41 Å². The fraction of sp³-hybridized carbons (Fsp3) is 0.417. The van der Waals surface area contributed by atoms with Gasteiger partial charge < -0.3 is 10.2 Å². The molecule has 0 aliphatic carbocycles. The lowest BCUT2D eigenvalue weighted by Gasteiger charge is -2.38. The van der Waals surface area contributed by atoms with Gasteiger partial charge in [-0.2, -0.15) is 26.3 Å².